The molecule has 1 aromatic carbocycles. The van der Waals surface area contributed by atoms with E-state index in [9.17, 15) is 0 Å². The lowest BCUT2D eigenvalue weighted by Crippen LogP contribution is -2.47. The van der Waals surface area contributed by atoms with E-state index in [-0.39, 0.29) is 6.04 Å². The number of aryl methyl sites for hydroxylation is 2. The molecule has 0 radical (unpaired) electrons. The normalized spacial score (nSPS) is 26.4. The first-order valence-electron chi connectivity index (χ1n) is 7.15. The number of rotatable bonds is 3. The summed E-state index contributed by atoms with van der Waals surface area (Å²) < 4.78 is 5.76. The van der Waals surface area contributed by atoms with Crippen LogP contribution >= 0.6 is 0 Å². The van der Waals surface area contributed by atoms with Crippen molar-refractivity contribution in [1.29, 1.82) is 0 Å². The molecule has 1 aromatic rings. The van der Waals surface area contributed by atoms with Crippen molar-refractivity contribution in [1.82, 2.24) is 4.90 Å². The molecule has 1 fully saturated rings. The van der Waals surface area contributed by atoms with Gasteiger partial charge in [0, 0.05) is 25.7 Å². The largest absolute Gasteiger partial charge is 0.373 e. The lowest BCUT2D eigenvalue weighted by molar-refractivity contribution is -0.0691. The Balaban J connectivity index is 2.01. The molecule has 3 unspecified atom stereocenters. The van der Waals surface area contributed by atoms with Crippen LogP contribution in [0.5, 0.6) is 0 Å². The van der Waals surface area contributed by atoms with E-state index in [0.717, 1.165) is 19.6 Å². The van der Waals surface area contributed by atoms with Gasteiger partial charge in [-0.05, 0) is 33.3 Å². The SMILES string of the molecule is Cc1cc(C)cc(C(N)CN2CC(C)OC(C)C2)c1. The average molecular weight is 262 g/mol. The Hall–Kier alpha value is -0.900. The van der Waals surface area contributed by atoms with E-state index in [2.05, 4.69) is 50.8 Å². The highest BCUT2D eigenvalue weighted by atomic mass is 16.5. The van der Waals surface area contributed by atoms with E-state index in [0.29, 0.717) is 12.2 Å². The zero-order valence-corrected chi connectivity index (χ0v) is 12.5. The minimum absolute atomic E-state index is 0.0797. The van der Waals surface area contributed by atoms with Crippen LogP contribution in [0, 0.1) is 13.8 Å². The summed E-state index contributed by atoms with van der Waals surface area (Å²) in [6.45, 7) is 11.4. The number of hydrogen-bond acceptors (Lipinski definition) is 3. The van der Waals surface area contributed by atoms with Gasteiger partial charge in [0.1, 0.15) is 0 Å². The fourth-order valence-electron chi connectivity index (χ4n) is 3.04. The maximum absolute atomic E-state index is 6.37. The van der Waals surface area contributed by atoms with Gasteiger partial charge in [-0.15, -0.1) is 0 Å². The van der Waals surface area contributed by atoms with E-state index in [4.69, 9.17) is 10.5 Å². The summed E-state index contributed by atoms with van der Waals surface area (Å²) in [5, 5.41) is 0. The summed E-state index contributed by atoms with van der Waals surface area (Å²) in [4.78, 5) is 2.42. The molecule has 0 saturated carbocycles. The molecule has 2 rings (SSSR count). The van der Waals surface area contributed by atoms with E-state index in [1.54, 1.807) is 0 Å². The Bertz CT molecular complexity index is 403. The topological polar surface area (TPSA) is 38.5 Å². The molecule has 19 heavy (non-hydrogen) atoms. The summed E-state index contributed by atoms with van der Waals surface area (Å²) in [6.07, 6.45) is 0.602. The second kappa shape index (κ2) is 6.04. The molecule has 1 aliphatic rings. The van der Waals surface area contributed by atoms with Gasteiger partial charge < -0.3 is 10.5 Å². The number of nitrogens with two attached hydrogens (primary N) is 1. The van der Waals surface area contributed by atoms with Crippen LogP contribution in [0.25, 0.3) is 0 Å². The van der Waals surface area contributed by atoms with E-state index >= 15 is 0 Å². The van der Waals surface area contributed by atoms with Crippen molar-refractivity contribution >= 4 is 0 Å². The van der Waals surface area contributed by atoms with Crippen molar-refractivity contribution in [2.45, 2.75) is 45.9 Å². The van der Waals surface area contributed by atoms with E-state index < -0.39 is 0 Å². The van der Waals surface area contributed by atoms with Gasteiger partial charge in [-0.3, -0.25) is 4.90 Å². The summed E-state index contributed by atoms with van der Waals surface area (Å²) in [5.41, 5.74) is 10.2. The second-order valence-electron chi connectivity index (χ2n) is 6.00. The highest BCUT2D eigenvalue weighted by molar-refractivity contribution is 5.30. The van der Waals surface area contributed by atoms with Crippen molar-refractivity contribution in [3.8, 4) is 0 Å². The van der Waals surface area contributed by atoms with Crippen molar-refractivity contribution in [2.75, 3.05) is 19.6 Å². The van der Waals surface area contributed by atoms with E-state index in [1.807, 2.05) is 0 Å². The van der Waals surface area contributed by atoms with Crippen LogP contribution in [-0.2, 0) is 4.74 Å². The number of ether oxygens (including phenoxy) is 1. The predicted molar refractivity (Wildman–Crippen MR) is 79.3 cm³/mol. The van der Waals surface area contributed by atoms with Crippen LogP contribution in [0.4, 0.5) is 0 Å². The standard InChI is InChI=1S/C16H26N2O/c1-11-5-12(2)7-15(6-11)16(17)10-18-8-13(3)19-14(4)9-18/h5-7,13-14,16H,8-10,17H2,1-4H3. The van der Waals surface area contributed by atoms with Gasteiger partial charge in [0.25, 0.3) is 0 Å². The molecule has 3 atom stereocenters. The molecule has 0 amide bonds. The Labute approximate surface area is 116 Å². The molecule has 0 aliphatic carbocycles. The minimum Gasteiger partial charge on any atom is -0.373 e. The van der Waals surface area contributed by atoms with Gasteiger partial charge in [-0.1, -0.05) is 29.3 Å². The lowest BCUT2D eigenvalue weighted by Gasteiger charge is -2.36. The monoisotopic (exact) mass is 262 g/mol. The molecule has 3 heteroatoms. The average Bonchev–Trinajstić information content (AvgIpc) is 2.25. The predicted octanol–water partition coefficient (Wildman–Crippen LogP) is 2.41. The molecule has 0 spiro atoms. The molecular formula is C16H26N2O. The van der Waals surface area contributed by atoms with Crippen LogP contribution in [0.15, 0.2) is 18.2 Å². The van der Waals surface area contributed by atoms with Crippen molar-refractivity contribution in [3.05, 3.63) is 34.9 Å². The molecule has 1 heterocycles. The zero-order chi connectivity index (χ0) is 14.0. The van der Waals surface area contributed by atoms with Gasteiger partial charge in [0.2, 0.25) is 0 Å². The molecule has 0 bridgehead atoms. The Kier molecular flexibility index (Phi) is 4.61. The fraction of sp³-hybridized carbons (Fsp3) is 0.625. The van der Waals surface area contributed by atoms with Gasteiger partial charge >= 0.3 is 0 Å². The highest BCUT2D eigenvalue weighted by Crippen LogP contribution is 2.18. The number of nitrogens with zero attached hydrogens (tertiary/aromatic N) is 1. The third-order valence-electron chi connectivity index (χ3n) is 3.62. The highest BCUT2D eigenvalue weighted by Gasteiger charge is 2.23. The zero-order valence-electron chi connectivity index (χ0n) is 12.5. The number of hydrogen-bond donors (Lipinski definition) is 1. The lowest BCUT2D eigenvalue weighted by atomic mass is 10.0. The third-order valence-corrected chi connectivity index (χ3v) is 3.62. The molecule has 1 aliphatic heterocycles. The van der Waals surface area contributed by atoms with Crippen LogP contribution in [-0.4, -0.2) is 36.7 Å². The smallest absolute Gasteiger partial charge is 0.0678 e. The van der Waals surface area contributed by atoms with Crippen molar-refractivity contribution in [3.63, 3.8) is 0 Å². The van der Waals surface area contributed by atoms with Gasteiger partial charge in [-0.2, -0.15) is 0 Å². The van der Waals surface area contributed by atoms with E-state index in [1.165, 1.54) is 16.7 Å². The minimum atomic E-state index is 0.0797. The van der Waals surface area contributed by atoms with Crippen LogP contribution < -0.4 is 5.73 Å². The summed E-state index contributed by atoms with van der Waals surface area (Å²) >= 11 is 0. The van der Waals surface area contributed by atoms with Crippen LogP contribution in [0.1, 0.15) is 36.6 Å². The van der Waals surface area contributed by atoms with Crippen molar-refractivity contribution < 1.29 is 4.74 Å². The number of benzene rings is 1. The Morgan fingerprint density at radius 2 is 1.68 bits per heavy atom. The van der Waals surface area contributed by atoms with Gasteiger partial charge in [-0.25, -0.2) is 0 Å². The quantitative estimate of drug-likeness (QED) is 0.909. The second-order valence-corrected chi connectivity index (χ2v) is 6.00. The van der Waals surface area contributed by atoms with Crippen LogP contribution in [0.3, 0.4) is 0 Å². The Morgan fingerprint density at radius 3 is 2.21 bits per heavy atom. The summed E-state index contributed by atoms with van der Waals surface area (Å²) in [7, 11) is 0. The molecule has 0 aromatic heterocycles. The molecule has 106 valence electrons. The maximum atomic E-state index is 6.37. The molecular weight excluding hydrogens is 236 g/mol. The third kappa shape index (κ3) is 4.03. The maximum Gasteiger partial charge on any atom is 0.0678 e. The Morgan fingerprint density at radius 1 is 1.16 bits per heavy atom. The molecule has 1 saturated heterocycles. The first-order chi connectivity index (χ1) is 8.94. The molecule has 2 N–H and O–H groups in total. The first-order valence-corrected chi connectivity index (χ1v) is 7.15. The van der Waals surface area contributed by atoms with Gasteiger partial charge in [0.05, 0.1) is 12.2 Å². The fourth-order valence-corrected chi connectivity index (χ4v) is 3.04. The summed E-state index contributed by atoms with van der Waals surface area (Å²) in [5.74, 6) is 0. The van der Waals surface area contributed by atoms with Crippen LogP contribution in [0.2, 0.25) is 0 Å². The first kappa shape index (κ1) is 14.5. The number of morpholine rings is 1. The summed E-state index contributed by atoms with van der Waals surface area (Å²) in [6, 6.07) is 6.67. The van der Waals surface area contributed by atoms with Gasteiger partial charge in [0.15, 0.2) is 0 Å². The van der Waals surface area contributed by atoms with Crippen molar-refractivity contribution in [2.24, 2.45) is 5.73 Å². The molecule has 3 nitrogen and oxygen atoms in total.